The van der Waals surface area contributed by atoms with E-state index in [-0.39, 0.29) is 5.91 Å². The van der Waals surface area contributed by atoms with Crippen LogP contribution in [0.4, 0.5) is 0 Å². The summed E-state index contributed by atoms with van der Waals surface area (Å²) in [6.07, 6.45) is 4.77. The predicted octanol–water partition coefficient (Wildman–Crippen LogP) is 4.67. The minimum absolute atomic E-state index is 0.0991. The fourth-order valence-corrected chi connectivity index (χ4v) is 4.59. The second-order valence-corrected chi connectivity index (χ2v) is 8.44. The molecule has 1 fully saturated rings. The van der Waals surface area contributed by atoms with Crippen LogP contribution in [0.15, 0.2) is 36.4 Å². The van der Waals surface area contributed by atoms with Crippen molar-refractivity contribution in [1.82, 2.24) is 9.80 Å². The molecule has 4 rings (SSSR count). The summed E-state index contributed by atoms with van der Waals surface area (Å²) in [7, 11) is 0. The number of carbonyl (C=O) groups excluding carboxylic acids is 1. The molecule has 166 valence electrons. The minimum atomic E-state index is 0.0991. The maximum Gasteiger partial charge on any atom is 0.254 e. The summed E-state index contributed by atoms with van der Waals surface area (Å²) in [6, 6.07) is 12.3. The molecule has 2 aliphatic heterocycles. The third kappa shape index (κ3) is 5.21. The summed E-state index contributed by atoms with van der Waals surface area (Å²) in [5.74, 6) is 1.66. The Morgan fingerprint density at radius 2 is 1.52 bits per heavy atom. The number of likely N-dealkylation sites (tertiary alicyclic amines) is 1. The molecule has 0 N–H and O–H groups in total. The van der Waals surface area contributed by atoms with Gasteiger partial charge >= 0.3 is 0 Å². The number of hydrogen-bond acceptors (Lipinski definition) is 4. The van der Waals surface area contributed by atoms with Gasteiger partial charge in [-0.1, -0.05) is 18.6 Å². The van der Waals surface area contributed by atoms with Crippen LogP contribution < -0.4 is 9.47 Å². The molecule has 0 spiro atoms. The maximum absolute atomic E-state index is 13.2. The summed E-state index contributed by atoms with van der Waals surface area (Å²) >= 11 is 0. The van der Waals surface area contributed by atoms with Crippen molar-refractivity contribution in [1.29, 1.82) is 0 Å². The third-order valence-electron chi connectivity index (χ3n) is 6.22. The Labute approximate surface area is 185 Å². The van der Waals surface area contributed by atoms with Crippen molar-refractivity contribution in [3.8, 4) is 11.5 Å². The first kappa shape index (κ1) is 21.7. The zero-order valence-electron chi connectivity index (χ0n) is 18.9. The van der Waals surface area contributed by atoms with Gasteiger partial charge in [0.05, 0.1) is 13.2 Å². The number of fused-ring (bicyclic) bond motifs is 1. The van der Waals surface area contributed by atoms with Crippen molar-refractivity contribution in [3.05, 3.63) is 58.7 Å². The molecule has 0 saturated carbocycles. The number of piperidine rings is 1. The Morgan fingerprint density at radius 1 is 0.871 bits per heavy atom. The summed E-state index contributed by atoms with van der Waals surface area (Å²) in [4.78, 5) is 17.6. The maximum atomic E-state index is 13.2. The predicted molar refractivity (Wildman–Crippen MR) is 123 cm³/mol. The average molecular weight is 423 g/mol. The number of amides is 1. The van der Waals surface area contributed by atoms with E-state index >= 15 is 0 Å². The van der Waals surface area contributed by atoms with Crippen LogP contribution in [0.2, 0.25) is 0 Å². The molecule has 0 atom stereocenters. The van der Waals surface area contributed by atoms with Gasteiger partial charge in [-0.3, -0.25) is 9.69 Å². The molecule has 2 aromatic carbocycles. The van der Waals surface area contributed by atoms with E-state index in [2.05, 4.69) is 23.1 Å². The molecule has 2 aliphatic rings. The number of nitrogens with zero attached hydrogens (tertiary/aromatic N) is 2. The van der Waals surface area contributed by atoms with Gasteiger partial charge in [0.1, 0.15) is 0 Å². The monoisotopic (exact) mass is 422 g/mol. The number of benzene rings is 2. The molecule has 5 heteroatoms. The lowest BCUT2D eigenvalue weighted by Gasteiger charge is -2.30. The zero-order valence-corrected chi connectivity index (χ0v) is 18.9. The van der Waals surface area contributed by atoms with Gasteiger partial charge in [0, 0.05) is 25.2 Å². The molecule has 0 aromatic heterocycles. The molecule has 5 nitrogen and oxygen atoms in total. The highest BCUT2D eigenvalue weighted by atomic mass is 16.5. The van der Waals surface area contributed by atoms with Crippen LogP contribution in [0.5, 0.6) is 11.5 Å². The summed E-state index contributed by atoms with van der Waals surface area (Å²) in [5, 5.41) is 0. The van der Waals surface area contributed by atoms with E-state index in [1.165, 1.54) is 43.5 Å². The van der Waals surface area contributed by atoms with Crippen molar-refractivity contribution in [2.45, 2.75) is 52.6 Å². The third-order valence-corrected chi connectivity index (χ3v) is 6.22. The van der Waals surface area contributed by atoms with Crippen LogP contribution in [-0.2, 0) is 19.5 Å². The van der Waals surface area contributed by atoms with Crippen molar-refractivity contribution in [2.75, 3.05) is 32.8 Å². The Hall–Kier alpha value is -2.53. The smallest absolute Gasteiger partial charge is 0.254 e. The fraction of sp³-hybridized carbons (Fsp3) is 0.500. The lowest BCUT2D eigenvalue weighted by atomic mass is 9.98. The normalized spacial score (nSPS) is 16.6. The van der Waals surface area contributed by atoms with E-state index in [4.69, 9.17) is 9.47 Å². The molecule has 2 heterocycles. The van der Waals surface area contributed by atoms with Crippen LogP contribution in [0, 0.1) is 0 Å². The highest BCUT2D eigenvalue weighted by molar-refractivity contribution is 5.94. The number of hydrogen-bond donors (Lipinski definition) is 0. The largest absolute Gasteiger partial charge is 0.490 e. The van der Waals surface area contributed by atoms with Gasteiger partial charge < -0.3 is 14.4 Å². The van der Waals surface area contributed by atoms with Crippen LogP contribution in [0.3, 0.4) is 0 Å². The van der Waals surface area contributed by atoms with Crippen molar-refractivity contribution >= 4 is 5.91 Å². The molecule has 31 heavy (non-hydrogen) atoms. The Balaban J connectivity index is 1.43. The van der Waals surface area contributed by atoms with Crippen LogP contribution >= 0.6 is 0 Å². The van der Waals surface area contributed by atoms with E-state index in [0.29, 0.717) is 19.8 Å². The Bertz CT molecular complexity index is 888. The standard InChI is InChI=1S/C26H34N2O3/c1-3-30-24-16-22-12-15-28(19-23(22)17-25(24)31-4-2)26(29)21-10-8-20(9-11-21)18-27-13-6-5-7-14-27/h8-11,16-17H,3-7,12-15,18-19H2,1-2H3. The molecular weight excluding hydrogens is 388 g/mol. The Morgan fingerprint density at radius 3 is 2.16 bits per heavy atom. The fourth-order valence-electron chi connectivity index (χ4n) is 4.59. The van der Waals surface area contributed by atoms with Crippen LogP contribution in [0.25, 0.3) is 0 Å². The van der Waals surface area contributed by atoms with Gasteiger partial charge in [-0.15, -0.1) is 0 Å². The highest BCUT2D eigenvalue weighted by Gasteiger charge is 2.24. The van der Waals surface area contributed by atoms with E-state index in [1.54, 1.807) is 0 Å². The van der Waals surface area contributed by atoms with E-state index < -0.39 is 0 Å². The van der Waals surface area contributed by atoms with Crippen LogP contribution in [-0.4, -0.2) is 48.6 Å². The van der Waals surface area contributed by atoms with Gasteiger partial charge in [0.15, 0.2) is 11.5 Å². The van der Waals surface area contributed by atoms with E-state index in [1.807, 2.05) is 36.9 Å². The second kappa shape index (κ2) is 10.2. The first-order chi connectivity index (χ1) is 15.2. The van der Waals surface area contributed by atoms with Crippen molar-refractivity contribution in [2.24, 2.45) is 0 Å². The lowest BCUT2D eigenvalue weighted by Crippen LogP contribution is -2.36. The van der Waals surface area contributed by atoms with Crippen molar-refractivity contribution < 1.29 is 14.3 Å². The molecule has 1 amide bonds. The topological polar surface area (TPSA) is 42.0 Å². The van der Waals surface area contributed by atoms with Gasteiger partial charge in [0.25, 0.3) is 5.91 Å². The van der Waals surface area contributed by atoms with Crippen molar-refractivity contribution in [3.63, 3.8) is 0 Å². The quantitative estimate of drug-likeness (QED) is 0.650. The highest BCUT2D eigenvalue weighted by Crippen LogP contribution is 2.34. The zero-order chi connectivity index (χ0) is 21.6. The van der Waals surface area contributed by atoms with Gasteiger partial charge in [-0.2, -0.15) is 0 Å². The minimum Gasteiger partial charge on any atom is -0.490 e. The summed E-state index contributed by atoms with van der Waals surface area (Å²) < 4.78 is 11.5. The molecule has 0 radical (unpaired) electrons. The molecular formula is C26H34N2O3. The first-order valence-electron chi connectivity index (χ1n) is 11.7. The molecule has 0 aliphatic carbocycles. The number of ether oxygens (including phenoxy) is 2. The Kier molecular flexibility index (Phi) is 7.13. The molecule has 0 unspecified atom stereocenters. The number of rotatable bonds is 7. The van der Waals surface area contributed by atoms with Gasteiger partial charge in [0.2, 0.25) is 0 Å². The molecule has 2 aromatic rings. The van der Waals surface area contributed by atoms with Gasteiger partial charge in [-0.05, 0) is 87.2 Å². The SMILES string of the molecule is CCOc1cc2c(cc1OCC)CN(C(=O)c1ccc(CN3CCCCC3)cc1)CC2. The summed E-state index contributed by atoms with van der Waals surface area (Å²) in [6.45, 7) is 9.83. The lowest BCUT2D eigenvalue weighted by molar-refractivity contribution is 0.0734. The van der Waals surface area contributed by atoms with Crippen LogP contribution in [0.1, 0.15) is 60.2 Å². The summed E-state index contributed by atoms with van der Waals surface area (Å²) in [5.41, 5.74) is 4.44. The second-order valence-electron chi connectivity index (χ2n) is 8.44. The van der Waals surface area contributed by atoms with Gasteiger partial charge in [-0.25, -0.2) is 0 Å². The first-order valence-corrected chi connectivity index (χ1v) is 11.7. The average Bonchev–Trinajstić information content (AvgIpc) is 2.80. The number of carbonyl (C=O) groups is 1. The molecule has 0 bridgehead atoms. The molecule has 1 saturated heterocycles. The van der Waals surface area contributed by atoms with E-state index in [0.717, 1.165) is 42.1 Å². The van der Waals surface area contributed by atoms with E-state index in [9.17, 15) is 4.79 Å².